The van der Waals surface area contributed by atoms with Crippen molar-refractivity contribution in [2.24, 2.45) is 5.92 Å². The Hall–Kier alpha value is -2.86. The number of benzene rings is 2. The highest BCUT2D eigenvalue weighted by Gasteiger charge is 2.40. The summed E-state index contributed by atoms with van der Waals surface area (Å²) in [5, 5.41) is 18.3. The molecule has 1 aliphatic heterocycles. The van der Waals surface area contributed by atoms with Crippen LogP contribution in [0.1, 0.15) is 59.6 Å². The van der Waals surface area contributed by atoms with Crippen LogP contribution in [0.5, 0.6) is 0 Å². The molecule has 6 nitrogen and oxygen atoms in total. The van der Waals surface area contributed by atoms with E-state index in [1.807, 2.05) is 18.2 Å². The standard InChI is InChI=1S/C23H24ClN3O3/c1-2-3-12-25-23(28)18-9-5-8-16-15-6-4-7-17(15)22(26-21(16)18)19-13-14(27(29)30)10-11-20(19)24/h4-6,8-11,13,15,17,22,26H,2-3,7,12H2,1H3,(H,25,28). The number of amides is 1. The molecule has 156 valence electrons. The minimum absolute atomic E-state index is 0.00935. The monoisotopic (exact) mass is 425 g/mol. The van der Waals surface area contributed by atoms with E-state index in [0.717, 1.165) is 30.5 Å². The molecule has 2 N–H and O–H groups in total. The SMILES string of the molecule is CCCCNC(=O)c1cccc2c1NC(c1cc([N+](=O)[O-])ccc1Cl)C1CC=CC21. The van der Waals surface area contributed by atoms with Crippen molar-refractivity contribution in [1.29, 1.82) is 0 Å². The smallest absolute Gasteiger partial charge is 0.269 e. The van der Waals surface area contributed by atoms with Gasteiger partial charge in [0, 0.05) is 35.2 Å². The third-order valence-electron chi connectivity index (χ3n) is 5.98. The number of hydrogen-bond donors (Lipinski definition) is 2. The fourth-order valence-electron chi connectivity index (χ4n) is 4.48. The second kappa shape index (κ2) is 8.48. The number of para-hydroxylation sites is 1. The van der Waals surface area contributed by atoms with Crippen molar-refractivity contribution < 1.29 is 9.72 Å². The van der Waals surface area contributed by atoms with Gasteiger partial charge >= 0.3 is 0 Å². The highest BCUT2D eigenvalue weighted by atomic mass is 35.5. The third kappa shape index (κ3) is 3.67. The van der Waals surface area contributed by atoms with E-state index < -0.39 is 4.92 Å². The van der Waals surface area contributed by atoms with E-state index in [0.29, 0.717) is 22.7 Å². The molecule has 1 heterocycles. The van der Waals surface area contributed by atoms with Gasteiger partial charge in [-0.2, -0.15) is 0 Å². The molecule has 2 aromatic carbocycles. The summed E-state index contributed by atoms with van der Waals surface area (Å²) < 4.78 is 0. The summed E-state index contributed by atoms with van der Waals surface area (Å²) in [6, 6.07) is 10.1. The fourth-order valence-corrected chi connectivity index (χ4v) is 4.71. The normalized spacial score (nSPS) is 21.5. The molecule has 3 atom stereocenters. The van der Waals surface area contributed by atoms with Crippen LogP contribution in [0.25, 0.3) is 0 Å². The van der Waals surface area contributed by atoms with E-state index in [1.165, 1.54) is 6.07 Å². The molecule has 2 aromatic rings. The summed E-state index contributed by atoms with van der Waals surface area (Å²) in [5.41, 5.74) is 3.15. The highest BCUT2D eigenvalue weighted by molar-refractivity contribution is 6.31. The number of carbonyl (C=O) groups excluding carboxylic acids is 1. The van der Waals surface area contributed by atoms with Gasteiger partial charge in [-0.05, 0) is 36.5 Å². The van der Waals surface area contributed by atoms with Gasteiger partial charge in [-0.3, -0.25) is 14.9 Å². The van der Waals surface area contributed by atoms with E-state index in [4.69, 9.17) is 11.6 Å². The third-order valence-corrected chi connectivity index (χ3v) is 6.33. The van der Waals surface area contributed by atoms with Crippen molar-refractivity contribution in [2.75, 3.05) is 11.9 Å². The number of fused-ring (bicyclic) bond motifs is 3. The van der Waals surface area contributed by atoms with Crippen LogP contribution in [-0.4, -0.2) is 17.4 Å². The van der Waals surface area contributed by atoms with E-state index in [-0.39, 0.29) is 29.5 Å². The van der Waals surface area contributed by atoms with E-state index in [1.54, 1.807) is 12.1 Å². The van der Waals surface area contributed by atoms with Crippen molar-refractivity contribution in [3.8, 4) is 0 Å². The lowest BCUT2D eigenvalue weighted by Crippen LogP contribution is -2.32. The molecule has 3 unspecified atom stereocenters. The first-order valence-corrected chi connectivity index (χ1v) is 10.7. The molecule has 4 rings (SSSR count). The average Bonchev–Trinajstić information content (AvgIpc) is 3.23. The molecule has 7 heteroatoms. The molecule has 0 saturated heterocycles. The Morgan fingerprint density at radius 2 is 2.13 bits per heavy atom. The summed E-state index contributed by atoms with van der Waals surface area (Å²) >= 11 is 6.48. The lowest BCUT2D eigenvalue weighted by molar-refractivity contribution is -0.384. The largest absolute Gasteiger partial charge is 0.377 e. The zero-order chi connectivity index (χ0) is 21.3. The Morgan fingerprint density at radius 3 is 2.90 bits per heavy atom. The number of rotatable bonds is 6. The Bertz CT molecular complexity index is 1020. The van der Waals surface area contributed by atoms with Crippen LogP contribution < -0.4 is 10.6 Å². The first-order chi connectivity index (χ1) is 14.5. The molecular weight excluding hydrogens is 402 g/mol. The van der Waals surface area contributed by atoms with Gasteiger partial charge in [0.05, 0.1) is 22.2 Å². The predicted octanol–water partition coefficient (Wildman–Crippen LogP) is 5.60. The van der Waals surface area contributed by atoms with Gasteiger partial charge in [0.2, 0.25) is 0 Å². The summed E-state index contributed by atoms with van der Waals surface area (Å²) in [6.45, 7) is 2.71. The molecule has 0 saturated carbocycles. The average molecular weight is 426 g/mol. The summed E-state index contributed by atoms with van der Waals surface area (Å²) in [4.78, 5) is 23.8. The Labute approximate surface area is 180 Å². The van der Waals surface area contributed by atoms with E-state index in [9.17, 15) is 14.9 Å². The molecule has 0 radical (unpaired) electrons. The molecule has 0 fully saturated rings. The van der Waals surface area contributed by atoms with Crippen molar-refractivity contribution in [3.05, 3.63) is 80.4 Å². The number of non-ortho nitro benzene ring substituents is 1. The van der Waals surface area contributed by atoms with Crippen molar-refractivity contribution in [1.82, 2.24) is 5.32 Å². The van der Waals surface area contributed by atoms with Gasteiger partial charge in [0.25, 0.3) is 11.6 Å². The molecule has 2 aliphatic rings. The van der Waals surface area contributed by atoms with E-state index in [2.05, 4.69) is 29.7 Å². The van der Waals surface area contributed by atoms with Crippen LogP contribution in [0.2, 0.25) is 5.02 Å². The molecule has 0 bridgehead atoms. The maximum atomic E-state index is 12.9. The summed E-state index contributed by atoms with van der Waals surface area (Å²) in [7, 11) is 0. The number of hydrogen-bond acceptors (Lipinski definition) is 4. The van der Waals surface area contributed by atoms with Crippen molar-refractivity contribution in [2.45, 2.75) is 38.1 Å². The van der Waals surface area contributed by atoms with Gasteiger partial charge < -0.3 is 10.6 Å². The lowest BCUT2D eigenvalue weighted by atomic mass is 9.76. The topological polar surface area (TPSA) is 84.3 Å². The van der Waals surface area contributed by atoms with Gasteiger partial charge in [0.15, 0.2) is 0 Å². The molecule has 0 spiro atoms. The number of carbonyl (C=O) groups is 1. The maximum absolute atomic E-state index is 12.9. The quantitative estimate of drug-likeness (QED) is 0.273. The Balaban J connectivity index is 1.75. The van der Waals surface area contributed by atoms with Crippen molar-refractivity contribution in [3.63, 3.8) is 0 Å². The van der Waals surface area contributed by atoms with Crippen molar-refractivity contribution >= 4 is 28.9 Å². The number of halogens is 1. The predicted molar refractivity (Wildman–Crippen MR) is 118 cm³/mol. The second-order valence-electron chi connectivity index (χ2n) is 7.82. The number of nitrogens with one attached hydrogen (secondary N) is 2. The molecule has 30 heavy (non-hydrogen) atoms. The first kappa shape index (κ1) is 20.4. The zero-order valence-electron chi connectivity index (χ0n) is 16.7. The Kier molecular flexibility index (Phi) is 5.77. The van der Waals surface area contributed by atoms with Crippen LogP contribution in [0.4, 0.5) is 11.4 Å². The van der Waals surface area contributed by atoms with Crippen LogP contribution in [-0.2, 0) is 0 Å². The van der Waals surface area contributed by atoms with Gasteiger partial charge in [-0.1, -0.05) is 49.2 Å². The maximum Gasteiger partial charge on any atom is 0.269 e. The number of allylic oxidation sites excluding steroid dienone is 2. The van der Waals surface area contributed by atoms with Crippen LogP contribution in [0, 0.1) is 16.0 Å². The number of nitro benzene ring substituents is 1. The minimum Gasteiger partial charge on any atom is -0.377 e. The second-order valence-corrected chi connectivity index (χ2v) is 8.22. The van der Waals surface area contributed by atoms with Crippen LogP contribution >= 0.6 is 11.6 Å². The number of anilines is 1. The molecule has 0 aromatic heterocycles. The van der Waals surface area contributed by atoms with Gasteiger partial charge in [-0.15, -0.1) is 0 Å². The zero-order valence-corrected chi connectivity index (χ0v) is 17.5. The van der Waals surface area contributed by atoms with Gasteiger partial charge in [-0.25, -0.2) is 0 Å². The number of nitrogens with zero attached hydrogens (tertiary/aromatic N) is 1. The summed E-state index contributed by atoms with van der Waals surface area (Å²) in [5.74, 6) is 0.192. The van der Waals surface area contributed by atoms with E-state index >= 15 is 0 Å². The number of nitro groups is 1. The van der Waals surface area contributed by atoms with Crippen LogP contribution in [0.15, 0.2) is 48.6 Å². The molecule has 1 aliphatic carbocycles. The first-order valence-electron chi connectivity index (χ1n) is 10.3. The number of unbranched alkanes of at least 4 members (excludes halogenated alkanes) is 1. The van der Waals surface area contributed by atoms with Crippen LogP contribution in [0.3, 0.4) is 0 Å². The fraction of sp³-hybridized carbons (Fsp3) is 0.348. The lowest BCUT2D eigenvalue weighted by Gasteiger charge is -2.38. The summed E-state index contributed by atoms with van der Waals surface area (Å²) in [6.07, 6.45) is 7.08. The highest BCUT2D eigenvalue weighted by Crippen LogP contribution is 2.51. The van der Waals surface area contributed by atoms with Gasteiger partial charge in [0.1, 0.15) is 0 Å². The minimum atomic E-state index is -0.409. The molecular formula is C23H24ClN3O3. The molecule has 1 amide bonds. The Morgan fingerprint density at radius 1 is 1.30 bits per heavy atom.